The van der Waals surface area contributed by atoms with Gasteiger partial charge in [-0.3, -0.25) is 4.79 Å². The van der Waals surface area contributed by atoms with E-state index in [4.69, 9.17) is 4.74 Å². The predicted octanol–water partition coefficient (Wildman–Crippen LogP) is 3.85. The summed E-state index contributed by atoms with van der Waals surface area (Å²) in [6.45, 7) is 5.36. The summed E-state index contributed by atoms with van der Waals surface area (Å²) in [5, 5.41) is 0. The second-order valence-corrected chi connectivity index (χ2v) is 6.56. The molecule has 5 heteroatoms. The average Bonchev–Trinajstić information content (AvgIpc) is 2.38. The number of amides is 1. The molecule has 2 unspecified atom stereocenters. The Balaban J connectivity index is 2.25. The van der Waals surface area contributed by atoms with E-state index in [1.165, 1.54) is 0 Å². The average molecular weight is 391 g/mol. The molecule has 0 aromatic heterocycles. The molecule has 3 nitrogen and oxygen atoms in total. The van der Waals surface area contributed by atoms with Crippen molar-refractivity contribution in [3.8, 4) is 0 Å². The van der Waals surface area contributed by atoms with Crippen LogP contribution in [0, 0.1) is 0 Å². The van der Waals surface area contributed by atoms with Gasteiger partial charge in [-0.15, -0.1) is 0 Å². The van der Waals surface area contributed by atoms with E-state index in [1.807, 2.05) is 30.0 Å². The molecule has 1 aliphatic rings. The summed E-state index contributed by atoms with van der Waals surface area (Å²) in [5.74, 6) is 0.0707. The summed E-state index contributed by atoms with van der Waals surface area (Å²) in [5.41, 5.74) is 0.704. The van der Waals surface area contributed by atoms with Crippen LogP contribution in [0.1, 0.15) is 30.6 Å². The molecule has 1 aliphatic heterocycles. The number of hydrogen-bond acceptors (Lipinski definition) is 2. The van der Waals surface area contributed by atoms with Crippen molar-refractivity contribution < 1.29 is 9.53 Å². The molecule has 0 spiro atoms. The highest BCUT2D eigenvalue weighted by Crippen LogP contribution is 2.25. The zero-order chi connectivity index (χ0) is 14.0. The van der Waals surface area contributed by atoms with Crippen LogP contribution in [-0.2, 0) is 4.74 Å². The van der Waals surface area contributed by atoms with Crippen molar-refractivity contribution in [1.82, 2.24) is 4.90 Å². The lowest BCUT2D eigenvalue weighted by molar-refractivity contribution is -0.0444. The van der Waals surface area contributed by atoms with Crippen LogP contribution in [0.15, 0.2) is 27.1 Å². The number of morpholine rings is 1. The monoisotopic (exact) mass is 389 g/mol. The number of rotatable bonds is 2. The highest BCUT2D eigenvalue weighted by atomic mass is 79.9. The quantitative estimate of drug-likeness (QED) is 0.767. The molecular weight excluding hydrogens is 374 g/mol. The summed E-state index contributed by atoms with van der Waals surface area (Å²) in [6.07, 6.45) is 1.01. The van der Waals surface area contributed by atoms with Crippen LogP contribution >= 0.6 is 31.9 Å². The van der Waals surface area contributed by atoms with Crippen molar-refractivity contribution in [2.24, 2.45) is 0 Å². The molecule has 0 bridgehead atoms. The fourth-order valence-electron chi connectivity index (χ4n) is 2.25. The van der Waals surface area contributed by atoms with Crippen molar-refractivity contribution in [2.75, 3.05) is 13.2 Å². The van der Waals surface area contributed by atoms with Gasteiger partial charge in [0, 0.05) is 15.5 Å². The number of nitrogens with zero attached hydrogens (tertiary/aromatic N) is 1. The molecule has 0 aliphatic carbocycles. The van der Waals surface area contributed by atoms with Gasteiger partial charge in [-0.05, 0) is 47.5 Å². The van der Waals surface area contributed by atoms with Crippen molar-refractivity contribution in [3.05, 3.63) is 32.7 Å². The predicted molar refractivity (Wildman–Crippen MR) is 82.4 cm³/mol. The summed E-state index contributed by atoms with van der Waals surface area (Å²) in [4.78, 5) is 14.6. The first-order valence-electron chi connectivity index (χ1n) is 6.40. The second-order valence-electron chi connectivity index (χ2n) is 4.79. The Morgan fingerprint density at radius 2 is 2.21 bits per heavy atom. The maximum atomic E-state index is 12.7. The van der Waals surface area contributed by atoms with Crippen molar-refractivity contribution in [2.45, 2.75) is 32.4 Å². The molecule has 1 heterocycles. The maximum absolute atomic E-state index is 12.7. The third kappa shape index (κ3) is 3.38. The van der Waals surface area contributed by atoms with Crippen LogP contribution in [0.3, 0.4) is 0 Å². The fourth-order valence-corrected chi connectivity index (χ4v) is 3.47. The summed E-state index contributed by atoms with van der Waals surface area (Å²) in [7, 11) is 0. The van der Waals surface area contributed by atoms with Gasteiger partial charge in [-0.25, -0.2) is 0 Å². The van der Waals surface area contributed by atoms with E-state index in [1.54, 1.807) is 0 Å². The van der Waals surface area contributed by atoms with E-state index >= 15 is 0 Å². The molecule has 1 aromatic carbocycles. The van der Waals surface area contributed by atoms with Crippen molar-refractivity contribution >= 4 is 37.8 Å². The largest absolute Gasteiger partial charge is 0.375 e. The van der Waals surface area contributed by atoms with Crippen LogP contribution in [0.5, 0.6) is 0 Å². The van der Waals surface area contributed by atoms with Crippen molar-refractivity contribution in [3.63, 3.8) is 0 Å². The van der Waals surface area contributed by atoms with Gasteiger partial charge in [-0.2, -0.15) is 0 Å². The molecule has 1 amide bonds. The minimum absolute atomic E-state index is 0.0707. The zero-order valence-corrected chi connectivity index (χ0v) is 14.2. The first kappa shape index (κ1) is 15.0. The van der Waals surface area contributed by atoms with E-state index in [9.17, 15) is 4.79 Å². The number of benzene rings is 1. The zero-order valence-electron chi connectivity index (χ0n) is 11.0. The fraction of sp³-hybridized carbons (Fsp3) is 0.500. The van der Waals surface area contributed by atoms with Crippen molar-refractivity contribution in [1.29, 1.82) is 0 Å². The van der Waals surface area contributed by atoms with Gasteiger partial charge in [0.15, 0.2) is 0 Å². The van der Waals surface area contributed by atoms with Gasteiger partial charge < -0.3 is 9.64 Å². The van der Waals surface area contributed by atoms with Gasteiger partial charge >= 0.3 is 0 Å². The first-order valence-corrected chi connectivity index (χ1v) is 7.99. The Morgan fingerprint density at radius 3 is 2.84 bits per heavy atom. The summed E-state index contributed by atoms with van der Waals surface area (Å²) >= 11 is 6.86. The third-order valence-corrected chi connectivity index (χ3v) is 4.51. The van der Waals surface area contributed by atoms with E-state index in [-0.39, 0.29) is 18.1 Å². The van der Waals surface area contributed by atoms with E-state index in [0.29, 0.717) is 18.7 Å². The first-order chi connectivity index (χ1) is 9.02. The van der Waals surface area contributed by atoms with E-state index in [2.05, 4.69) is 38.8 Å². The lowest BCUT2D eigenvalue weighted by atomic mass is 10.1. The Hall–Kier alpha value is -0.390. The third-order valence-electron chi connectivity index (χ3n) is 3.36. The number of ether oxygens (including phenoxy) is 1. The molecule has 0 N–H and O–H groups in total. The lowest BCUT2D eigenvalue weighted by Crippen LogP contribution is -2.51. The summed E-state index contributed by atoms with van der Waals surface area (Å²) in [6, 6.07) is 5.81. The Labute approximate surface area is 130 Å². The molecule has 2 rings (SSSR count). The van der Waals surface area contributed by atoms with Gasteiger partial charge in [-0.1, -0.05) is 22.9 Å². The van der Waals surface area contributed by atoms with Gasteiger partial charge in [0.2, 0.25) is 0 Å². The Bertz CT molecular complexity index is 479. The molecule has 1 saturated heterocycles. The molecule has 19 heavy (non-hydrogen) atoms. The molecule has 2 atom stereocenters. The van der Waals surface area contributed by atoms with Crippen LogP contribution in [0.2, 0.25) is 0 Å². The molecular formula is C14H17Br2NO2. The highest BCUT2D eigenvalue weighted by Gasteiger charge is 2.30. The molecule has 0 saturated carbocycles. The van der Waals surface area contributed by atoms with Gasteiger partial charge in [0.05, 0.1) is 24.3 Å². The SMILES string of the molecule is CCC1COC(C)CN1C(=O)c1ccc(Br)cc1Br. The number of carbonyl (C=O) groups excluding carboxylic acids is 1. The van der Waals surface area contributed by atoms with Gasteiger partial charge in [0.1, 0.15) is 0 Å². The highest BCUT2D eigenvalue weighted by molar-refractivity contribution is 9.11. The van der Waals surface area contributed by atoms with Crippen LogP contribution in [0.4, 0.5) is 0 Å². The lowest BCUT2D eigenvalue weighted by Gasteiger charge is -2.38. The van der Waals surface area contributed by atoms with E-state index < -0.39 is 0 Å². The van der Waals surface area contributed by atoms with Gasteiger partial charge in [0.25, 0.3) is 5.91 Å². The molecule has 0 radical (unpaired) electrons. The number of halogens is 2. The van der Waals surface area contributed by atoms with E-state index in [0.717, 1.165) is 15.4 Å². The minimum atomic E-state index is 0.0707. The summed E-state index contributed by atoms with van der Waals surface area (Å²) < 4.78 is 7.41. The van der Waals surface area contributed by atoms with Crippen LogP contribution in [0.25, 0.3) is 0 Å². The molecule has 1 fully saturated rings. The number of carbonyl (C=O) groups is 1. The Kier molecular flexibility index (Phi) is 5.03. The maximum Gasteiger partial charge on any atom is 0.255 e. The molecule has 1 aromatic rings. The topological polar surface area (TPSA) is 29.5 Å². The molecule has 104 valence electrons. The Morgan fingerprint density at radius 1 is 1.47 bits per heavy atom. The number of hydrogen-bond donors (Lipinski definition) is 0. The minimum Gasteiger partial charge on any atom is -0.375 e. The normalized spacial score (nSPS) is 23.5. The van der Waals surface area contributed by atoms with Crippen LogP contribution < -0.4 is 0 Å². The second kappa shape index (κ2) is 6.37. The van der Waals surface area contributed by atoms with Crippen LogP contribution in [-0.4, -0.2) is 36.1 Å². The smallest absolute Gasteiger partial charge is 0.255 e. The standard InChI is InChI=1S/C14H17Br2NO2/c1-3-11-8-19-9(2)7-17(11)14(18)12-5-4-10(15)6-13(12)16/h4-6,9,11H,3,7-8H2,1-2H3.